The second kappa shape index (κ2) is 8.45. The van der Waals surface area contributed by atoms with Crippen LogP contribution in [0.2, 0.25) is 0 Å². The summed E-state index contributed by atoms with van der Waals surface area (Å²) in [5.74, 6) is 2.68. The summed E-state index contributed by atoms with van der Waals surface area (Å²) in [6.45, 7) is 7.08. The monoisotopic (exact) mass is 354 g/mol. The lowest BCUT2D eigenvalue weighted by Gasteiger charge is -2.33. The predicted molar refractivity (Wildman–Crippen MR) is 107 cm³/mol. The number of hydrogen-bond donors (Lipinski definition) is 1. The van der Waals surface area contributed by atoms with E-state index in [-0.39, 0.29) is 5.92 Å². The highest BCUT2D eigenvalue weighted by Crippen LogP contribution is 2.21. The molecule has 1 unspecified atom stereocenters. The van der Waals surface area contributed by atoms with Gasteiger partial charge in [-0.15, -0.1) is 0 Å². The van der Waals surface area contributed by atoms with Crippen LogP contribution in [0, 0.1) is 0 Å². The molecule has 2 aromatic rings. The molecule has 0 amide bonds. The lowest BCUT2D eigenvalue weighted by molar-refractivity contribution is 0.417. The Morgan fingerprint density at radius 1 is 1.15 bits per heavy atom. The van der Waals surface area contributed by atoms with Gasteiger partial charge < -0.3 is 15.1 Å². The van der Waals surface area contributed by atoms with Crippen molar-refractivity contribution >= 4 is 11.9 Å². The van der Waals surface area contributed by atoms with Crippen LogP contribution in [0.25, 0.3) is 0 Å². The molecule has 1 N–H and O–H groups in total. The fraction of sp³-hybridized carbons (Fsp3) is 0.550. The quantitative estimate of drug-likeness (QED) is 0.861. The van der Waals surface area contributed by atoms with Gasteiger partial charge in [-0.05, 0) is 18.4 Å². The maximum absolute atomic E-state index is 4.74. The van der Waals surface area contributed by atoms with Gasteiger partial charge in [0, 0.05) is 45.7 Å². The van der Waals surface area contributed by atoms with E-state index >= 15 is 0 Å². The number of rotatable bonds is 6. The molecule has 1 atom stereocenters. The summed E-state index contributed by atoms with van der Waals surface area (Å²) in [5, 5.41) is 3.69. The Hall–Kier alpha value is -2.21. The second-order valence-electron chi connectivity index (χ2n) is 7.49. The Morgan fingerprint density at radius 2 is 1.92 bits per heavy atom. The van der Waals surface area contributed by atoms with E-state index < -0.39 is 0 Å². The van der Waals surface area contributed by atoms with E-state index in [9.17, 15) is 0 Å². The number of aromatic nitrogens is 3. The number of nitrogens with one attached hydrogen (secondary N) is 1. The van der Waals surface area contributed by atoms with Crippen LogP contribution in [0.5, 0.6) is 0 Å². The predicted octanol–water partition coefficient (Wildman–Crippen LogP) is 2.82. The van der Waals surface area contributed by atoms with Gasteiger partial charge in [0.25, 0.3) is 0 Å². The van der Waals surface area contributed by atoms with Crippen molar-refractivity contribution in [2.45, 2.75) is 45.2 Å². The first-order chi connectivity index (χ1) is 12.5. The van der Waals surface area contributed by atoms with E-state index in [0.717, 1.165) is 43.8 Å². The average Bonchev–Trinajstić information content (AvgIpc) is 2.67. The molecule has 0 saturated carbocycles. The van der Waals surface area contributed by atoms with Crippen LogP contribution >= 0.6 is 0 Å². The standard InChI is InChI=1S/C20H30N6/c1-15(2)18-22-19(25(3)4)24-20(23-18)26-12-8-11-17(14-26)21-13-16-9-6-5-7-10-16/h5-7,9-10,15,17,21H,8,11-14H2,1-4H3. The van der Waals surface area contributed by atoms with Gasteiger partial charge in [0.1, 0.15) is 5.82 Å². The summed E-state index contributed by atoms with van der Waals surface area (Å²) < 4.78 is 0. The van der Waals surface area contributed by atoms with Crippen molar-refractivity contribution in [2.75, 3.05) is 37.0 Å². The summed E-state index contributed by atoms with van der Waals surface area (Å²) in [4.78, 5) is 18.3. The Balaban J connectivity index is 1.70. The van der Waals surface area contributed by atoms with E-state index in [1.807, 2.05) is 19.0 Å². The van der Waals surface area contributed by atoms with E-state index in [1.54, 1.807) is 0 Å². The van der Waals surface area contributed by atoms with Crippen LogP contribution in [-0.2, 0) is 6.54 Å². The van der Waals surface area contributed by atoms with Gasteiger partial charge in [0.15, 0.2) is 0 Å². The summed E-state index contributed by atoms with van der Waals surface area (Å²) in [5.41, 5.74) is 1.32. The molecular formula is C20H30N6. The molecule has 1 fully saturated rings. The third-order valence-corrected chi connectivity index (χ3v) is 4.69. The molecule has 0 aliphatic carbocycles. The van der Waals surface area contributed by atoms with Crippen molar-refractivity contribution in [3.8, 4) is 0 Å². The molecule has 1 aliphatic rings. The molecule has 6 nitrogen and oxygen atoms in total. The van der Waals surface area contributed by atoms with E-state index in [2.05, 4.69) is 59.4 Å². The summed E-state index contributed by atoms with van der Waals surface area (Å²) in [6.07, 6.45) is 2.33. The van der Waals surface area contributed by atoms with Crippen LogP contribution in [0.1, 0.15) is 44.0 Å². The lowest BCUT2D eigenvalue weighted by atomic mass is 10.1. The molecule has 1 aromatic carbocycles. The lowest BCUT2D eigenvalue weighted by Crippen LogP contribution is -2.46. The molecule has 3 rings (SSSR count). The van der Waals surface area contributed by atoms with Crippen molar-refractivity contribution in [3.63, 3.8) is 0 Å². The SMILES string of the molecule is CC(C)c1nc(N(C)C)nc(N2CCCC(NCc3ccccc3)C2)n1. The van der Waals surface area contributed by atoms with E-state index in [4.69, 9.17) is 9.97 Å². The van der Waals surface area contributed by atoms with Crippen molar-refractivity contribution in [2.24, 2.45) is 0 Å². The van der Waals surface area contributed by atoms with Crippen LogP contribution < -0.4 is 15.1 Å². The smallest absolute Gasteiger partial charge is 0.230 e. The number of piperidine rings is 1. The molecule has 0 radical (unpaired) electrons. The van der Waals surface area contributed by atoms with Gasteiger partial charge in [0.2, 0.25) is 11.9 Å². The summed E-state index contributed by atoms with van der Waals surface area (Å²) >= 11 is 0. The molecule has 26 heavy (non-hydrogen) atoms. The van der Waals surface area contributed by atoms with Crippen molar-refractivity contribution in [1.29, 1.82) is 0 Å². The summed E-state index contributed by atoms with van der Waals surface area (Å²) in [7, 11) is 3.95. The molecule has 2 heterocycles. The van der Waals surface area contributed by atoms with E-state index in [0.29, 0.717) is 6.04 Å². The van der Waals surface area contributed by atoms with Crippen molar-refractivity contribution in [3.05, 3.63) is 41.7 Å². The largest absolute Gasteiger partial charge is 0.347 e. The Morgan fingerprint density at radius 3 is 2.62 bits per heavy atom. The molecule has 1 saturated heterocycles. The highest BCUT2D eigenvalue weighted by atomic mass is 15.3. The molecule has 1 aromatic heterocycles. The molecular weight excluding hydrogens is 324 g/mol. The number of hydrogen-bond acceptors (Lipinski definition) is 6. The third kappa shape index (κ3) is 4.69. The average molecular weight is 355 g/mol. The van der Waals surface area contributed by atoms with Gasteiger partial charge in [-0.1, -0.05) is 44.2 Å². The Bertz CT molecular complexity index is 674. The zero-order valence-electron chi connectivity index (χ0n) is 16.3. The summed E-state index contributed by atoms with van der Waals surface area (Å²) in [6, 6.07) is 11.0. The van der Waals surface area contributed by atoms with Crippen molar-refractivity contribution in [1.82, 2.24) is 20.3 Å². The Kier molecular flexibility index (Phi) is 6.04. The molecule has 6 heteroatoms. The van der Waals surface area contributed by atoms with Gasteiger partial charge in [-0.3, -0.25) is 0 Å². The van der Waals surface area contributed by atoms with Gasteiger partial charge >= 0.3 is 0 Å². The second-order valence-corrected chi connectivity index (χ2v) is 7.49. The highest BCUT2D eigenvalue weighted by molar-refractivity contribution is 5.39. The minimum atomic E-state index is 0.284. The maximum atomic E-state index is 4.74. The minimum Gasteiger partial charge on any atom is -0.347 e. The number of anilines is 2. The molecule has 0 bridgehead atoms. The fourth-order valence-electron chi connectivity index (χ4n) is 3.15. The van der Waals surface area contributed by atoms with Crippen LogP contribution in [0.3, 0.4) is 0 Å². The maximum Gasteiger partial charge on any atom is 0.230 e. The fourth-order valence-corrected chi connectivity index (χ4v) is 3.15. The van der Waals surface area contributed by atoms with Crippen molar-refractivity contribution < 1.29 is 0 Å². The van der Waals surface area contributed by atoms with Gasteiger partial charge in [0.05, 0.1) is 0 Å². The molecule has 1 aliphatic heterocycles. The van der Waals surface area contributed by atoms with E-state index in [1.165, 1.54) is 12.0 Å². The first-order valence-corrected chi connectivity index (χ1v) is 9.48. The van der Waals surface area contributed by atoms with Crippen LogP contribution in [0.15, 0.2) is 30.3 Å². The first kappa shape index (κ1) is 18.6. The number of nitrogens with zero attached hydrogens (tertiary/aromatic N) is 5. The third-order valence-electron chi connectivity index (χ3n) is 4.69. The first-order valence-electron chi connectivity index (χ1n) is 9.48. The zero-order chi connectivity index (χ0) is 18.5. The molecule has 0 spiro atoms. The van der Waals surface area contributed by atoms with Crippen LogP contribution in [0.4, 0.5) is 11.9 Å². The topological polar surface area (TPSA) is 57.2 Å². The zero-order valence-corrected chi connectivity index (χ0v) is 16.3. The normalized spacial score (nSPS) is 17.6. The van der Waals surface area contributed by atoms with Gasteiger partial charge in [-0.2, -0.15) is 15.0 Å². The number of benzene rings is 1. The Labute approximate surface area is 156 Å². The highest BCUT2D eigenvalue weighted by Gasteiger charge is 2.23. The van der Waals surface area contributed by atoms with Gasteiger partial charge in [-0.25, -0.2) is 0 Å². The van der Waals surface area contributed by atoms with Crippen LogP contribution in [-0.4, -0.2) is 48.2 Å². The minimum absolute atomic E-state index is 0.284. The molecule has 140 valence electrons.